The summed E-state index contributed by atoms with van der Waals surface area (Å²) in [7, 11) is 0. The number of amides is 1. The van der Waals surface area contributed by atoms with Gasteiger partial charge in [0.05, 0.1) is 0 Å². The van der Waals surface area contributed by atoms with E-state index in [4.69, 9.17) is 11.6 Å². The van der Waals surface area contributed by atoms with Crippen LogP contribution < -0.4 is 5.32 Å². The fraction of sp³-hybridized carbons (Fsp3) is 0.200. The van der Waals surface area contributed by atoms with Crippen molar-refractivity contribution in [2.24, 2.45) is 0 Å². The Labute approximate surface area is 142 Å². The van der Waals surface area contributed by atoms with E-state index in [0.717, 1.165) is 16.4 Å². The Balaban J connectivity index is 1.61. The molecule has 0 fully saturated rings. The minimum absolute atomic E-state index is 0.194. The first-order chi connectivity index (χ1) is 11.1. The maximum Gasteiger partial charge on any atom is 0.270 e. The van der Waals surface area contributed by atoms with Crippen molar-refractivity contribution in [1.29, 1.82) is 0 Å². The van der Waals surface area contributed by atoms with Gasteiger partial charge in [0.1, 0.15) is 22.9 Å². The van der Waals surface area contributed by atoms with Gasteiger partial charge in [-0.3, -0.25) is 4.79 Å². The summed E-state index contributed by atoms with van der Waals surface area (Å²) in [5, 5.41) is 13.7. The van der Waals surface area contributed by atoms with Gasteiger partial charge in [-0.1, -0.05) is 23.7 Å². The highest BCUT2D eigenvalue weighted by Gasteiger charge is 2.11. The molecule has 23 heavy (non-hydrogen) atoms. The third kappa shape index (κ3) is 3.75. The zero-order chi connectivity index (χ0) is 16.2. The van der Waals surface area contributed by atoms with E-state index in [9.17, 15) is 4.79 Å². The summed E-state index contributed by atoms with van der Waals surface area (Å²) in [4.78, 5) is 16.5. The van der Waals surface area contributed by atoms with Crippen LogP contribution >= 0.6 is 22.9 Å². The van der Waals surface area contributed by atoms with Crippen molar-refractivity contribution in [3.05, 3.63) is 52.5 Å². The second-order valence-electron chi connectivity index (χ2n) is 4.88. The van der Waals surface area contributed by atoms with Gasteiger partial charge in [-0.15, -0.1) is 21.5 Å². The molecule has 0 unspecified atom stereocenters. The Kier molecular flexibility index (Phi) is 4.68. The second-order valence-corrected chi connectivity index (χ2v) is 6.17. The smallest absolute Gasteiger partial charge is 0.270 e. The molecule has 0 aliphatic carbocycles. The molecular weight excluding hydrogens is 334 g/mol. The van der Waals surface area contributed by atoms with E-state index in [2.05, 4.69) is 20.5 Å². The second kappa shape index (κ2) is 6.89. The standard InChI is InChI=1S/C15H14ClN5OS/c1-10-20-18-9-21(10)6-5-17-14(22)13-8-23-15(19-13)11-3-2-4-12(16)7-11/h2-4,7-9H,5-6H2,1H3,(H,17,22). The molecule has 0 saturated carbocycles. The van der Waals surface area contributed by atoms with E-state index >= 15 is 0 Å². The number of nitrogens with one attached hydrogen (secondary N) is 1. The predicted octanol–water partition coefficient (Wildman–Crippen LogP) is 2.79. The van der Waals surface area contributed by atoms with E-state index in [-0.39, 0.29) is 5.91 Å². The lowest BCUT2D eigenvalue weighted by atomic mass is 10.2. The molecule has 0 bridgehead atoms. The molecule has 1 aromatic carbocycles. The molecule has 0 radical (unpaired) electrons. The third-order valence-corrected chi connectivity index (χ3v) is 4.38. The van der Waals surface area contributed by atoms with Crippen molar-refractivity contribution < 1.29 is 4.79 Å². The van der Waals surface area contributed by atoms with Crippen molar-refractivity contribution >= 4 is 28.8 Å². The van der Waals surface area contributed by atoms with Gasteiger partial charge in [-0.05, 0) is 19.1 Å². The molecule has 6 nitrogen and oxygen atoms in total. The van der Waals surface area contributed by atoms with Crippen molar-refractivity contribution in [1.82, 2.24) is 25.1 Å². The molecule has 8 heteroatoms. The Bertz CT molecular complexity index is 829. The summed E-state index contributed by atoms with van der Waals surface area (Å²) in [6.07, 6.45) is 1.64. The molecule has 0 aliphatic heterocycles. The van der Waals surface area contributed by atoms with Gasteiger partial charge in [0.25, 0.3) is 5.91 Å². The zero-order valence-corrected chi connectivity index (χ0v) is 13.9. The summed E-state index contributed by atoms with van der Waals surface area (Å²) in [6.45, 7) is 2.98. The van der Waals surface area contributed by atoms with Gasteiger partial charge in [0.2, 0.25) is 0 Å². The number of carbonyl (C=O) groups excluding carboxylic acids is 1. The van der Waals surface area contributed by atoms with Gasteiger partial charge >= 0.3 is 0 Å². The number of aryl methyl sites for hydroxylation is 1. The Morgan fingerprint density at radius 1 is 1.43 bits per heavy atom. The number of aromatic nitrogens is 4. The molecule has 0 saturated heterocycles. The highest BCUT2D eigenvalue weighted by Crippen LogP contribution is 2.25. The fourth-order valence-corrected chi connectivity index (χ4v) is 3.03. The quantitative estimate of drug-likeness (QED) is 0.770. The number of thiazole rings is 1. The van der Waals surface area contributed by atoms with Gasteiger partial charge in [-0.2, -0.15) is 0 Å². The van der Waals surface area contributed by atoms with Crippen molar-refractivity contribution in [2.75, 3.05) is 6.54 Å². The molecule has 1 amide bonds. The number of carbonyl (C=O) groups is 1. The van der Waals surface area contributed by atoms with Gasteiger partial charge in [-0.25, -0.2) is 4.98 Å². The van der Waals surface area contributed by atoms with Crippen molar-refractivity contribution in [3.63, 3.8) is 0 Å². The average Bonchev–Trinajstić information content (AvgIpc) is 3.17. The fourth-order valence-electron chi connectivity index (χ4n) is 2.04. The van der Waals surface area contributed by atoms with E-state index in [1.807, 2.05) is 29.7 Å². The molecule has 2 aromatic heterocycles. The van der Waals surface area contributed by atoms with E-state index in [1.165, 1.54) is 11.3 Å². The van der Waals surface area contributed by atoms with Gasteiger partial charge < -0.3 is 9.88 Å². The summed E-state index contributed by atoms with van der Waals surface area (Å²) < 4.78 is 1.87. The minimum Gasteiger partial charge on any atom is -0.349 e. The summed E-state index contributed by atoms with van der Waals surface area (Å²) in [5.41, 5.74) is 1.31. The lowest BCUT2D eigenvalue weighted by Crippen LogP contribution is -2.27. The number of hydrogen-bond acceptors (Lipinski definition) is 5. The van der Waals surface area contributed by atoms with Gasteiger partial charge in [0.15, 0.2) is 0 Å². The zero-order valence-electron chi connectivity index (χ0n) is 12.4. The molecular formula is C15H14ClN5OS. The summed E-state index contributed by atoms with van der Waals surface area (Å²) in [6, 6.07) is 7.41. The molecule has 0 spiro atoms. The lowest BCUT2D eigenvalue weighted by Gasteiger charge is -2.05. The molecule has 3 rings (SSSR count). The van der Waals surface area contributed by atoms with Crippen LogP contribution in [-0.4, -0.2) is 32.2 Å². The molecule has 0 atom stereocenters. The number of hydrogen-bond donors (Lipinski definition) is 1. The summed E-state index contributed by atoms with van der Waals surface area (Å²) in [5.74, 6) is 0.622. The average molecular weight is 348 g/mol. The van der Waals surface area contributed by atoms with Crippen LogP contribution in [0, 0.1) is 6.92 Å². The van der Waals surface area contributed by atoms with Gasteiger partial charge in [0, 0.05) is 29.1 Å². The molecule has 3 aromatic rings. The van der Waals surface area contributed by atoms with Crippen LogP contribution in [0.15, 0.2) is 36.0 Å². The highest BCUT2D eigenvalue weighted by atomic mass is 35.5. The summed E-state index contributed by atoms with van der Waals surface area (Å²) >= 11 is 7.40. The Morgan fingerprint density at radius 3 is 3.04 bits per heavy atom. The third-order valence-electron chi connectivity index (χ3n) is 3.26. The topological polar surface area (TPSA) is 72.7 Å². The number of halogens is 1. The van der Waals surface area contributed by atoms with E-state index in [0.29, 0.717) is 23.8 Å². The van der Waals surface area contributed by atoms with E-state index < -0.39 is 0 Å². The highest BCUT2D eigenvalue weighted by molar-refractivity contribution is 7.13. The maximum absolute atomic E-state index is 12.1. The van der Waals surface area contributed by atoms with Crippen LogP contribution in [0.4, 0.5) is 0 Å². The first-order valence-corrected chi connectivity index (χ1v) is 8.23. The van der Waals surface area contributed by atoms with Crippen LogP contribution in [-0.2, 0) is 6.54 Å². The number of benzene rings is 1. The van der Waals surface area contributed by atoms with Crippen molar-refractivity contribution in [3.8, 4) is 10.6 Å². The van der Waals surface area contributed by atoms with Crippen LogP contribution in [0.1, 0.15) is 16.3 Å². The number of rotatable bonds is 5. The van der Waals surface area contributed by atoms with Crippen LogP contribution in [0.25, 0.3) is 10.6 Å². The van der Waals surface area contributed by atoms with Crippen molar-refractivity contribution in [2.45, 2.75) is 13.5 Å². The number of nitrogens with zero attached hydrogens (tertiary/aromatic N) is 4. The molecule has 1 N–H and O–H groups in total. The van der Waals surface area contributed by atoms with Crippen LogP contribution in [0.5, 0.6) is 0 Å². The molecule has 2 heterocycles. The normalized spacial score (nSPS) is 10.7. The maximum atomic E-state index is 12.1. The van der Waals surface area contributed by atoms with Crippen LogP contribution in [0.2, 0.25) is 5.02 Å². The minimum atomic E-state index is -0.194. The first-order valence-electron chi connectivity index (χ1n) is 6.97. The molecule has 0 aliphatic rings. The lowest BCUT2D eigenvalue weighted by molar-refractivity contribution is 0.0948. The largest absolute Gasteiger partial charge is 0.349 e. The Morgan fingerprint density at radius 2 is 2.30 bits per heavy atom. The molecule has 118 valence electrons. The van der Waals surface area contributed by atoms with E-state index in [1.54, 1.807) is 17.8 Å². The monoisotopic (exact) mass is 347 g/mol. The first kappa shape index (κ1) is 15.6. The predicted molar refractivity (Wildman–Crippen MR) is 89.7 cm³/mol. The van der Waals surface area contributed by atoms with Crippen LogP contribution in [0.3, 0.4) is 0 Å². The Hall–Kier alpha value is -2.25. The SMILES string of the molecule is Cc1nncn1CCNC(=O)c1csc(-c2cccc(Cl)c2)n1.